The number of likely N-dealkylation sites (N-methyl/N-ethyl adjacent to an activating group) is 2. The van der Waals surface area contributed by atoms with Crippen molar-refractivity contribution in [2.45, 2.75) is 0 Å². The quantitative estimate of drug-likeness (QED) is 0.273. The summed E-state index contributed by atoms with van der Waals surface area (Å²) < 4.78 is 21.9. The maximum Gasteiger partial charge on any atom is 0.247 e. The summed E-state index contributed by atoms with van der Waals surface area (Å²) in [5.41, 5.74) is 3.07. The molecular formula is C27H30ClFN8O2. The minimum atomic E-state index is -0.472. The molecule has 0 fully saturated rings. The number of anilines is 4. The summed E-state index contributed by atoms with van der Waals surface area (Å²) >= 11 is 6.02. The molecule has 0 saturated heterocycles. The van der Waals surface area contributed by atoms with Crippen LogP contribution in [0.3, 0.4) is 0 Å². The van der Waals surface area contributed by atoms with Crippen LogP contribution < -0.4 is 20.3 Å². The van der Waals surface area contributed by atoms with E-state index < -0.39 is 5.82 Å². The van der Waals surface area contributed by atoms with Gasteiger partial charge in [-0.1, -0.05) is 18.2 Å². The lowest BCUT2D eigenvalue weighted by Crippen LogP contribution is -2.29. The summed E-state index contributed by atoms with van der Waals surface area (Å²) in [6, 6.07) is 8.12. The lowest BCUT2D eigenvalue weighted by Gasteiger charge is -2.26. The fourth-order valence-corrected chi connectivity index (χ4v) is 4.26. The molecule has 4 aromatic rings. The number of hydrogen-bond acceptors (Lipinski definition) is 8. The van der Waals surface area contributed by atoms with Crippen molar-refractivity contribution in [1.82, 2.24) is 24.4 Å². The van der Waals surface area contributed by atoms with Crippen molar-refractivity contribution in [3.05, 3.63) is 60.0 Å². The summed E-state index contributed by atoms with van der Waals surface area (Å²) in [5.74, 6) is 0.402. The normalized spacial score (nSPS) is 11.1. The fourth-order valence-electron chi connectivity index (χ4n) is 4.06. The number of fused-ring (bicyclic) bond motifs is 1. The molecule has 2 N–H and O–H groups in total. The van der Waals surface area contributed by atoms with Gasteiger partial charge in [0.2, 0.25) is 11.9 Å². The Morgan fingerprint density at radius 2 is 1.95 bits per heavy atom. The zero-order chi connectivity index (χ0) is 28.3. The molecule has 12 heteroatoms. The molecule has 0 aliphatic heterocycles. The Morgan fingerprint density at radius 3 is 2.64 bits per heavy atom. The van der Waals surface area contributed by atoms with Crippen LogP contribution in [0, 0.1) is 5.82 Å². The van der Waals surface area contributed by atoms with E-state index in [1.54, 1.807) is 43.1 Å². The number of aryl methyl sites for hydroxylation is 1. The molecule has 0 bridgehead atoms. The van der Waals surface area contributed by atoms with Crippen molar-refractivity contribution in [2.24, 2.45) is 7.05 Å². The van der Waals surface area contributed by atoms with Gasteiger partial charge in [0.1, 0.15) is 17.0 Å². The van der Waals surface area contributed by atoms with Crippen molar-refractivity contribution in [3.8, 4) is 17.3 Å². The molecule has 0 saturated carbocycles. The number of methoxy groups -OCH3 is 1. The third-order valence-electron chi connectivity index (χ3n) is 6.07. The van der Waals surface area contributed by atoms with Gasteiger partial charge in [0.15, 0.2) is 11.6 Å². The van der Waals surface area contributed by atoms with Crippen LogP contribution >= 0.6 is 11.6 Å². The van der Waals surface area contributed by atoms with Gasteiger partial charge >= 0.3 is 0 Å². The van der Waals surface area contributed by atoms with E-state index in [2.05, 4.69) is 37.1 Å². The number of nitrogens with zero attached hydrogens (tertiary/aromatic N) is 6. The molecule has 2 aromatic heterocycles. The highest BCUT2D eigenvalue weighted by molar-refractivity contribution is 6.31. The molecule has 204 valence electrons. The van der Waals surface area contributed by atoms with Crippen molar-refractivity contribution in [3.63, 3.8) is 0 Å². The summed E-state index contributed by atoms with van der Waals surface area (Å²) in [6.07, 6.45) is 2.78. The Bertz CT molecular complexity index is 1540. The monoisotopic (exact) mass is 552 g/mol. The smallest absolute Gasteiger partial charge is 0.247 e. The first-order valence-corrected chi connectivity index (χ1v) is 12.4. The van der Waals surface area contributed by atoms with E-state index in [9.17, 15) is 9.18 Å². The van der Waals surface area contributed by atoms with Gasteiger partial charge in [0, 0.05) is 44.5 Å². The standard InChI is InChI=1S/C27H30ClFN8O2/c1-7-24(38)31-19-14-20(23(39-6)15-22(19)36(4)11-10-35(2)3)34-27-30-9-8-18(33-27)26-32-21-13-16(28)12-17(29)25(21)37(26)5/h7-9,12-15H,1,10-11H2,2-6H3,(H,31,38)(H,30,33,34). The van der Waals surface area contributed by atoms with Gasteiger partial charge in [-0.2, -0.15) is 0 Å². The summed E-state index contributed by atoms with van der Waals surface area (Å²) in [4.78, 5) is 29.8. The Morgan fingerprint density at radius 1 is 1.18 bits per heavy atom. The number of hydrogen-bond donors (Lipinski definition) is 2. The van der Waals surface area contributed by atoms with E-state index in [0.29, 0.717) is 39.7 Å². The zero-order valence-corrected chi connectivity index (χ0v) is 23.2. The summed E-state index contributed by atoms with van der Waals surface area (Å²) in [6.45, 7) is 5.08. The van der Waals surface area contributed by atoms with Gasteiger partial charge in [-0.15, -0.1) is 0 Å². The van der Waals surface area contributed by atoms with Gasteiger partial charge < -0.3 is 29.7 Å². The first kappa shape index (κ1) is 27.8. The van der Waals surface area contributed by atoms with Crippen LogP contribution in [-0.2, 0) is 11.8 Å². The average Bonchev–Trinajstić information content (AvgIpc) is 3.23. The maximum absolute atomic E-state index is 14.6. The second-order valence-electron chi connectivity index (χ2n) is 9.13. The van der Waals surface area contributed by atoms with Gasteiger partial charge in [0.05, 0.1) is 29.7 Å². The highest BCUT2D eigenvalue weighted by atomic mass is 35.5. The first-order valence-electron chi connectivity index (χ1n) is 12.0. The van der Waals surface area contributed by atoms with Crippen LogP contribution in [0.1, 0.15) is 0 Å². The van der Waals surface area contributed by atoms with Crippen molar-refractivity contribution in [2.75, 3.05) is 56.9 Å². The van der Waals surface area contributed by atoms with E-state index in [1.165, 1.54) is 12.1 Å². The molecule has 0 spiro atoms. The molecule has 4 rings (SSSR count). The predicted octanol–water partition coefficient (Wildman–Crippen LogP) is 4.70. The summed E-state index contributed by atoms with van der Waals surface area (Å²) in [5, 5.41) is 6.30. The molecule has 0 aliphatic rings. The van der Waals surface area contributed by atoms with Gasteiger partial charge in [-0.3, -0.25) is 4.79 Å². The number of amides is 1. The Hall–Kier alpha value is -4.22. The number of carbonyl (C=O) groups is 1. The van der Waals surface area contributed by atoms with Gasteiger partial charge in [-0.25, -0.2) is 19.3 Å². The van der Waals surface area contributed by atoms with Gasteiger partial charge in [-0.05, 0) is 44.4 Å². The Balaban J connectivity index is 1.72. The average molecular weight is 553 g/mol. The van der Waals surface area contributed by atoms with Crippen LogP contribution in [0.5, 0.6) is 5.75 Å². The van der Waals surface area contributed by atoms with E-state index in [1.807, 2.05) is 32.1 Å². The Labute approximate surface area is 231 Å². The minimum absolute atomic E-state index is 0.256. The number of ether oxygens (including phenoxy) is 1. The number of imidazole rings is 1. The Kier molecular flexibility index (Phi) is 8.32. The molecule has 0 unspecified atom stereocenters. The maximum atomic E-state index is 14.6. The molecule has 0 radical (unpaired) electrons. The first-order chi connectivity index (χ1) is 18.6. The van der Waals surface area contributed by atoms with Crippen molar-refractivity contribution >= 4 is 51.6 Å². The van der Waals surface area contributed by atoms with Crippen molar-refractivity contribution in [1.29, 1.82) is 0 Å². The second-order valence-corrected chi connectivity index (χ2v) is 9.56. The van der Waals surface area contributed by atoms with Crippen LogP contribution in [0.2, 0.25) is 5.02 Å². The third-order valence-corrected chi connectivity index (χ3v) is 6.29. The van der Waals surface area contributed by atoms with Crippen LogP contribution in [0.15, 0.2) is 49.2 Å². The number of aromatic nitrogens is 4. The largest absolute Gasteiger partial charge is 0.494 e. The third kappa shape index (κ3) is 6.10. The van der Waals surface area contributed by atoms with E-state index in [4.69, 9.17) is 16.3 Å². The highest BCUT2D eigenvalue weighted by Gasteiger charge is 2.18. The second kappa shape index (κ2) is 11.7. The zero-order valence-electron chi connectivity index (χ0n) is 22.4. The van der Waals surface area contributed by atoms with E-state index in [0.717, 1.165) is 18.8 Å². The molecule has 2 heterocycles. The van der Waals surface area contributed by atoms with E-state index >= 15 is 0 Å². The SMILES string of the molecule is C=CC(=O)Nc1cc(Nc2nccc(-c3nc4cc(Cl)cc(F)c4n3C)n2)c(OC)cc1N(C)CCN(C)C. The lowest BCUT2D eigenvalue weighted by atomic mass is 10.2. The molecule has 0 atom stereocenters. The van der Waals surface area contributed by atoms with Crippen LogP contribution in [0.4, 0.5) is 27.4 Å². The van der Waals surface area contributed by atoms with Crippen molar-refractivity contribution < 1.29 is 13.9 Å². The lowest BCUT2D eigenvalue weighted by molar-refractivity contribution is -0.111. The topological polar surface area (TPSA) is 100 Å². The molecule has 2 aromatic carbocycles. The number of halogens is 2. The number of rotatable bonds is 10. The predicted molar refractivity (Wildman–Crippen MR) is 154 cm³/mol. The van der Waals surface area contributed by atoms with Gasteiger partial charge in [0.25, 0.3) is 0 Å². The number of nitrogens with one attached hydrogen (secondary N) is 2. The molecular weight excluding hydrogens is 523 g/mol. The summed E-state index contributed by atoms with van der Waals surface area (Å²) in [7, 11) is 9.20. The van der Waals surface area contributed by atoms with Crippen LogP contribution in [-0.4, -0.2) is 71.7 Å². The molecule has 0 aliphatic carbocycles. The molecule has 1 amide bonds. The minimum Gasteiger partial charge on any atom is -0.494 e. The number of benzene rings is 2. The highest BCUT2D eigenvalue weighted by Crippen LogP contribution is 2.38. The molecule has 39 heavy (non-hydrogen) atoms. The number of carbonyl (C=O) groups excluding carboxylic acids is 1. The van der Waals surface area contributed by atoms with Crippen LogP contribution in [0.25, 0.3) is 22.6 Å². The molecule has 10 nitrogen and oxygen atoms in total. The van der Waals surface area contributed by atoms with E-state index in [-0.39, 0.29) is 16.9 Å². The fraction of sp³-hybridized carbons (Fsp3) is 0.259.